The van der Waals surface area contributed by atoms with Gasteiger partial charge in [-0.3, -0.25) is 14.9 Å². The minimum absolute atomic E-state index is 0.113. The fourth-order valence-corrected chi connectivity index (χ4v) is 4.45. The van der Waals surface area contributed by atoms with E-state index in [1.165, 1.54) is 12.1 Å². The number of pyridine rings is 2. The maximum atomic E-state index is 13.9. The highest BCUT2D eigenvalue weighted by Crippen LogP contribution is 2.33. The van der Waals surface area contributed by atoms with Gasteiger partial charge in [0.05, 0.1) is 29.5 Å². The van der Waals surface area contributed by atoms with Crippen LogP contribution in [0.2, 0.25) is 0 Å². The fourth-order valence-electron chi connectivity index (χ4n) is 4.45. The van der Waals surface area contributed by atoms with Gasteiger partial charge in [-0.25, -0.2) is 14.4 Å². The van der Waals surface area contributed by atoms with Crippen LogP contribution in [0.4, 0.5) is 10.1 Å². The van der Waals surface area contributed by atoms with Gasteiger partial charge in [-0.15, -0.1) is 0 Å². The van der Waals surface area contributed by atoms with Crippen LogP contribution in [-0.2, 0) is 4.79 Å². The molecule has 0 fully saturated rings. The maximum Gasteiger partial charge on any atom is 0.238 e. The van der Waals surface area contributed by atoms with Gasteiger partial charge in [-0.2, -0.15) is 5.10 Å². The second-order valence-electron chi connectivity index (χ2n) is 9.23. The topological polar surface area (TPSA) is 115 Å². The van der Waals surface area contributed by atoms with Gasteiger partial charge in [0.15, 0.2) is 11.5 Å². The monoisotopic (exact) mass is 506 g/mol. The number of nitrogens with zero attached hydrogens (tertiary/aromatic N) is 5. The molecular formula is C28H23FN8O. The number of carbonyl (C=O) groups is 1. The highest BCUT2D eigenvalue weighted by molar-refractivity contribution is 5.98. The first-order valence-corrected chi connectivity index (χ1v) is 11.9. The van der Waals surface area contributed by atoms with Crippen LogP contribution in [0.5, 0.6) is 0 Å². The van der Waals surface area contributed by atoms with Crippen LogP contribution in [0.25, 0.3) is 55.8 Å². The number of H-pyrrole nitrogens is 2. The van der Waals surface area contributed by atoms with Crippen molar-refractivity contribution in [1.82, 2.24) is 35.0 Å². The summed E-state index contributed by atoms with van der Waals surface area (Å²) in [4.78, 5) is 30.7. The van der Waals surface area contributed by atoms with Gasteiger partial charge in [0, 0.05) is 28.9 Å². The van der Waals surface area contributed by atoms with Crippen molar-refractivity contribution in [2.24, 2.45) is 0 Å². The second kappa shape index (κ2) is 9.49. The summed E-state index contributed by atoms with van der Waals surface area (Å²) in [7, 11) is 3.68. The Hall–Kier alpha value is -4.96. The van der Waals surface area contributed by atoms with Crippen LogP contribution in [0, 0.1) is 5.82 Å². The van der Waals surface area contributed by atoms with Crippen molar-refractivity contribution in [3.63, 3.8) is 0 Å². The van der Waals surface area contributed by atoms with Gasteiger partial charge >= 0.3 is 0 Å². The summed E-state index contributed by atoms with van der Waals surface area (Å²) in [6.45, 7) is 0.280. The first kappa shape index (κ1) is 23.4. The van der Waals surface area contributed by atoms with E-state index in [1.807, 2.05) is 50.5 Å². The normalized spacial score (nSPS) is 11.5. The third kappa shape index (κ3) is 4.48. The van der Waals surface area contributed by atoms with Crippen molar-refractivity contribution >= 4 is 33.7 Å². The molecule has 0 bridgehead atoms. The minimum Gasteiger partial charge on any atom is -0.335 e. The Balaban J connectivity index is 1.38. The van der Waals surface area contributed by atoms with Gasteiger partial charge < -0.3 is 15.2 Å². The second-order valence-corrected chi connectivity index (χ2v) is 9.23. The molecule has 0 aliphatic carbocycles. The molecule has 0 saturated carbocycles. The fraction of sp³-hybridized carbons (Fsp3) is 0.107. The van der Waals surface area contributed by atoms with Gasteiger partial charge in [0.1, 0.15) is 11.5 Å². The first-order valence-electron chi connectivity index (χ1n) is 11.9. The van der Waals surface area contributed by atoms with Crippen molar-refractivity contribution in [2.45, 2.75) is 0 Å². The molecule has 188 valence electrons. The summed E-state index contributed by atoms with van der Waals surface area (Å²) < 4.78 is 13.9. The smallest absolute Gasteiger partial charge is 0.238 e. The lowest BCUT2D eigenvalue weighted by atomic mass is 10.0. The SMILES string of the molecule is CN(C)CC(=O)Nc1cncc(-c2ccc3[nH]nc(-c4nc5nccc(-c6cccc(F)c6)c5[nH]4)c3c2)c1. The molecule has 0 saturated heterocycles. The summed E-state index contributed by atoms with van der Waals surface area (Å²) >= 11 is 0. The molecule has 0 aliphatic rings. The van der Waals surface area contributed by atoms with Crippen LogP contribution in [0.3, 0.4) is 0 Å². The Kier molecular flexibility index (Phi) is 5.85. The van der Waals surface area contributed by atoms with E-state index in [2.05, 4.69) is 35.5 Å². The molecule has 10 heteroatoms. The maximum absolute atomic E-state index is 13.9. The number of amides is 1. The first-order chi connectivity index (χ1) is 18.4. The zero-order valence-corrected chi connectivity index (χ0v) is 20.7. The van der Waals surface area contributed by atoms with Gasteiger partial charge in [-0.05, 0) is 61.6 Å². The lowest BCUT2D eigenvalue weighted by Gasteiger charge is -2.11. The number of nitrogens with one attached hydrogen (secondary N) is 3. The van der Waals surface area contributed by atoms with E-state index in [9.17, 15) is 9.18 Å². The van der Waals surface area contributed by atoms with Crippen molar-refractivity contribution in [3.8, 4) is 33.8 Å². The Morgan fingerprint density at radius 1 is 1.03 bits per heavy atom. The molecule has 38 heavy (non-hydrogen) atoms. The average Bonchev–Trinajstić information content (AvgIpc) is 3.52. The molecule has 0 atom stereocenters. The third-order valence-corrected chi connectivity index (χ3v) is 6.13. The summed E-state index contributed by atoms with van der Waals surface area (Å²) in [5.41, 5.74) is 6.59. The van der Waals surface area contributed by atoms with E-state index in [0.717, 1.165) is 33.2 Å². The van der Waals surface area contributed by atoms with Gasteiger partial charge in [0.2, 0.25) is 5.91 Å². The number of likely N-dealkylation sites (N-methyl/N-ethyl adjacent to an activating group) is 1. The average molecular weight is 507 g/mol. The van der Waals surface area contributed by atoms with Crippen LogP contribution in [0.1, 0.15) is 0 Å². The van der Waals surface area contributed by atoms with Crippen LogP contribution >= 0.6 is 0 Å². The number of halogens is 1. The Labute approximate surface area is 216 Å². The Morgan fingerprint density at radius 3 is 2.76 bits per heavy atom. The zero-order chi connectivity index (χ0) is 26.2. The van der Waals surface area contributed by atoms with E-state index < -0.39 is 0 Å². The molecule has 6 aromatic rings. The molecule has 6 rings (SSSR count). The van der Waals surface area contributed by atoms with Crippen molar-refractivity contribution in [2.75, 3.05) is 26.0 Å². The number of aromatic nitrogens is 6. The molecular weight excluding hydrogens is 483 g/mol. The highest BCUT2D eigenvalue weighted by atomic mass is 19.1. The van der Waals surface area contributed by atoms with E-state index in [1.54, 1.807) is 29.6 Å². The number of hydrogen-bond acceptors (Lipinski definition) is 6. The predicted molar refractivity (Wildman–Crippen MR) is 145 cm³/mol. The predicted octanol–water partition coefficient (Wildman–Crippen LogP) is 4.87. The van der Waals surface area contributed by atoms with Crippen molar-refractivity contribution in [3.05, 3.63) is 79.0 Å². The lowest BCUT2D eigenvalue weighted by Crippen LogP contribution is -2.27. The number of imidazole rings is 1. The van der Waals surface area contributed by atoms with Gasteiger partial charge in [0.25, 0.3) is 0 Å². The molecule has 1 amide bonds. The number of benzene rings is 2. The number of carbonyl (C=O) groups excluding carboxylic acids is 1. The number of hydrogen-bond donors (Lipinski definition) is 3. The summed E-state index contributed by atoms with van der Waals surface area (Å²) in [5.74, 6) is 0.119. The molecule has 3 N–H and O–H groups in total. The summed E-state index contributed by atoms with van der Waals surface area (Å²) in [6, 6.07) is 16.0. The van der Waals surface area contributed by atoms with Crippen LogP contribution in [0.15, 0.2) is 73.2 Å². The summed E-state index contributed by atoms with van der Waals surface area (Å²) in [6.07, 6.45) is 5.03. The zero-order valence-electron chi connectivity index (χ0n) is 20.7. The van der Waals surface area contributed by atoms with E-state index >= 15 is 0 Å². The summed E-state index contributed by atoms with van der Waals surface area (Å²) in [5, 5.41) is 11.3. The standard InChI is InChI=1S/C28H23FN8O/c1-37(2)15-24(38)32-20-11-18(13-30-14-20)16-6-7-23-22(12-16)26(36-35-23)28-33-25-21(8-9-31-27(25)34-28)17-4-3-5-19(29)10-17/h3-14H,15H2,1-2H3,(H,32,38)(H,35,36)(H,31,33,34). The quantitative estimate of drug-likeness (QED) is 0.297. The molecule has 2 aromatic carbocycles. The molecule has 9 nitrogen and oxygen atoms in total. The molecule has 0 unspecified atom stereocenters. The molecule has 0 radical (unpaired) electrons. The van der Waals surface area contributed by atoms with Crippen molar-refractivity contribution in [1.29, 1.82) is 0 Å². The molecule has 0 spiro atoms. The molecule has 4 heterocycles. The minimum atomic E-state index is -0.311. The molecule has 4 aromatic heterocycles. The van der Waals surface area contributed by atoms with E-state index in [-0.39, 0.29) is 18.3 Å². The number of rotatable bonds is 6. The van der Waals surface area contributed by atoms with Crippen LogP contribution in [-0.4, -0.2) is 61.6 Å². The van der Waals surface area contributed by atoms with E-state index in [0.29, 0.717) is 28.4 Å². The molecule has 0 aliphatic heterocycles. The number of anilines is 1. The largest absolute Gasteiger partial charge is 0.335 e. The lowest BCUT2D eigenvalue weighted by molar-refractivity contribution is -0.116. The Morgan fingerprint density at radius 2 is 1.92 bits per heavy atom. The number of aromatic amines is 2. The van der Waals surface area contributed by atoms with Crippen LogP contribution < -0.4 is 5.32 Å². The van der Waals surface area contributed by atoms with Gasteiger partial charge in [-0.1, -0.05) is 18.2 Å². The third-order valence-electron chi connectivity index (χ3n) is 6.13. The van der Waals surface area contributed by atoms with E-state index in [4.69, 9.17) is 0 Å². The number of fused-ring (bicyclic) bond motifs is 2. The van der Waals surface area contributed by atoms with Crippen molar-refractivity contribution < 1.29 is 9.18 Å². The Bertz CT molecular complexity index is 1810. The highest BCUT2D eigenvalue weighted by Gasteiger charge is 2.17.